The van der Waals surface area contributed by atoms with Crippen LogP contribution in [0.4, 0.5) is 0 Å². The molecule has 8 saturated carbocycles. The topological polar surface area (TPSA) is 3.24 Å². The zero-order valence-corrected chi connectivity index (χ0v) is 29.1. The number of allylic oxidation sites excluding steroid dienone is 2. The van der Waals surface area contributed by atoms with Crippen LogP contribution in [0.15, 0.2) is 11.6 Å². The van der Waals surface area contributed by atoms with Crippen LogP contribution in [0.2, 0.25) is 0 Å². The fourth-order valence-electron chi connectivity index (χ4n) is 14.3. The maximum absolute atomic E-state index is 3.38. The molecule has 248 valence electrons. The standard InChI is InChI=1S/C43H71N/c1-30-15-23-37(24-16-30)44(41-28-22-36-20-19-34-13-8-14-35-21-27-39(41)43(36)42(34)35)38-25-17-31(18-26-38)29-40(32-9-4-2-5-10-32)33-11-6-3-7-12-33/h29-39,41-43H,2-28H2,1H3. The fourth-order valence-corrected chi connectivity index (χ4v) is 14.3. The molecule has 1 nitrogen and oxygen atoms in total. The Balaban J connectivity index is 1.01. The van der Waals surface area contributed by atoms with E-state index in [1.807, 2.05) is 5.57 Å². The summed E-state index contributed by atoms with van der Waals surface area (Å²) in [5, 5.41) is 0. The van der Waals surface area contributed by atoms with Crippen LogP contribution in [-0.4, -0.2) is 23.0 Å². The molecule has 8 aliphatic rings. The lowest BCUT2D eigenvalue weighted by Gasteiger charge is -2.62. The third-order valence-electron chi connectivity index (χ3n) is 16.4. The van der Waals surface area contributed by atoms with Gasteiger partial charge in [-0.15, -0.1) is 0 Å². The van der Waals surface area contributed by atoms with Crippen LogP contribution in [0, 0.1) is 59.2 Å². The molecule has 0 saturated heterocycles. The van der Waals surface area contributed by atoms with Gasteiger partial charge in [-0.1, -0.05) is 76.4 Å². The number of nitrogens with zero attached hydrogens (tertiary/aromatic N) is 1. The van der Waals surface area contributed by atoms with E-state index < -0.39 is 0 Å². The molecule has 0 aliphatic heterocycles. The van der Waals surface area contributed by atoms with Gasteiger partial charge in [0.2, 0.25) is 0 Å². The van der Waals surface area contributed by atoms with Gasteiger partial charge in [-0.2, -0.15) is 0 Å². The van der Waals surface area contributed by atoms with Gasteiger partial charge in [-0.05, 0) is 175 Å². The highest BCUT2D eigenvalue weighted by Gasteiger charge is 2.55. The lowest BCUT2D eigenvalue weighted by molar-refractivity contribution is -0.124. The van der Waals surface area contributed by atoms with Gasteiger partial charge in [0.1, 0.15) is 0 Å². The summed E-state index contributed by atoms with van der Waals surface area (Å²) in [5.41, 5.74) is 2.00. The van der Waals surface area contributed by atoms with Crippen LogP contribution in [0.5, 0.6) is 0 Å². The Morgan fingerprint density at radius 2 is 0.977 bits per heavy atom. The largest absolute Gasteiger partial charge is 0.294 e. The molecule has 0 bridgehead atoms. The maximum atomic E-state index is 3.38. The Morgan fingerprint density at radius 3 is 1.59 bits per heavy atom. The first kappa shape index (κ1) is 31.0. The number of hydrogen-bond acceptors (Lipinski definition) is 1. The molecule has 8 aliphatic carbocycles. The summed E-state index contributed by atoms with van der Waals surface area (Å²) in [6.07, 6.45) is 44.4. The summed E-state index contributed by atoms with van der Waals surface area (Å²) in [6, 6.07) is 2.75. The van der Waals surface area contributed by atoms with Gasteiger partial charge in [0.25, 0.3) is 0 Å². The summed E-state index contributed by atoms with van der Waals surface area (Å²) in [4.78, 5) is 3.38. The summed E-state index contributed by atoms with van der Waals surface area (Å²) in [6.45, 7) is 2.55. The molecule has 1 heteroatoms. The van der Waals surface area contributed by atoms with E-state index in [9.17, 15) is 0 Å². The van der Waals surface area contributed by atoms with Crippen molar-refractivity contribution in [3.05, 3.63) is 11.6 Å². The van der Waals surface area contributed by atoms with E-state index in [0.29, 0.717) is 0 Å². The molecule has 0 heterocycles. The van der Waals surface area contributed by atoms with Gasteiger partial charge in [0, 0.05) is 18.1 Å². The summed E-state index contributed by atoms with van der Waals surface area (Å²) in [5.74, 6) is 10.4. The summed E-state index contributed by atoms with van der Waals surface area (Å²) in [7, 11) is 0. The lowest BCUT2D eigenvalue weighted by atomic mass is 9.47. The van der Waals surface area contributed by atoms with Gasteiger partial charge >= 0.3 is 0 Å². The van der Waals surface area contributed by atoms with E-state index in [1.54, 1.807) is 57.8 Å². The molecule has 0 amide bonds. The van der Waals surface area contributed by atoms with Crippen LogP contribution in [0.3, 0.4) is 0 Å². The number of hydrogen-bond donors (Lipinski definition) is 0. The van der Waals surface area contributed by atoms with Crippen LogP contribution >= 0.6 is 0 Å². The molecule has 8 rings (SSSR count). The van der Waals surface area contributed by atoms with Crippen molar-refractivity contribution in [1.29, 1.82) is 0 Å². The molecule has 44 heavy (non-hydrogen) atoms. The van der Waals surface area contributed by atoms with E-state index in [-0.39, 0.29) is 0 Å². The van der Waals surface area contributed by atoms with E-state index in [4.69, 9.17) is 0 Å². The van der Waals surface area contributed by atoms with Crippen LogP contribution in [0.25, 0.3) is 0 Å². The second kappa shape index (κ2) is 14.0. The van der Waals surface area contributed by atoms with Crippen molar-refractivity contribution in [2.75, 3.05) is 0 Å². The van der Waals surface area contributed by atoms with Crippen molar-refractivity contribution >= 4 is 0 Å². The van der Waals surface area contributed by atoms with Crippen LogP contribution in [-0.2, 0) is 0 Å². The van der Waals surface area contributed by atoms with E-state index in [1.165, 1.54) is 116 Å². The lowest BCUT2D eigenvalue weighted by Crippen LogP contribution is -2.61. The van der Waals surface area contributed by atoms with Crippen molar-refractivity contribution in [3.63, 3.8) is 0 Å². The molecular weight excluding hydrogens is 530 g/mol. The van der Waals surface area contributed by atoms with Crippen molar-refractivity contribution < 1.29 is 0 Å². The first-order valence-corrected chi connectivity index (χ1v) is 21.2. The van der Waals surface area contributed by atoms with Crippen molar-refractivity contribution in [2.24, 2.45) is 59.2 Å². The Hall–Kier alpha value is -0.300. The van der Waals surface area contributed by atoms with Gasteiger partial charge in [0.15, 0.2) is 0 Å². The zero-order valence-electron chi connectivity index (χ0n) is 29.1. The van der Waals surface area contributed by atoms with Crippen molar-refractivity contribution in [2.45, 2.75) is 198 Å². The van der Waals surface area contributed by atoms with Gasteiger partial charge in [-0.3, -0.25) is 4.90 Å². The normalized spacial score (nSPS) is 45.5. The minimum absolute atomic E-state index is 0.894. The second-order valence-electron chi connectivity index (χ2n) is 18.6. The van der Waals surface area contributed by atoms with Gasteiger partial charge in [-0.25, -0.2) is 0 Å². The van der Waals surface area contributed by atoms with E-state index in [2.05, 4.69) is 17.9 Å². The summed E-state index contributed by atoms with van der Waals surface area (Å²) >= 11 is 0. The van der Waals surface area contributed by atoms with Gasteiger partial charge in [0.05, 0.1) is 0 Å². The highest BCUT2D eigenvalue weighted by molar-refractivity contribution is 5.15. The Labute approximate surface area is 273 Å². The van der Waals surface area contributed by atoms with E-state index >= 15 is 0 Å². The third kappa shape index (κ3) is 6.30. The zero-order chi connectivity index (χ0) is 29.5. The predicted molar refractivity (Wildman–Crippen MR) is 187 cm³/mol. The first-order chi connectivity index (χ1) is 21.7. The molecule has 8 fully saturated rings. The fraction of sp³-hybridized carbons (Fsp3) is 0.953. The van der Waals surface area contributed by atoms with Gasteiger partial charge < -0.3 is 0 Å². The molecule has 7 atom stereocenters. The van der Waals surface area contributed by atoms with Crippen molar-refractivity contribution in [1.82, 2.24) is 4.90 Å². The number of rotatable bonds is 6. The Bertz CT molecular complexity index is 912. The summed E-state index contributed by atoms with van der Waals surface area (Å²) < 4.78 is 0. The third-order valence-corrected chi connectivity index (χ3v) is 16.4. The maximum Gasteiger partial charge on any atom is 0.0132 e. The Morgan fingerprint density at radius 1 is 0.455 bits per heavy atom. The molecule has 0 N–H and O–H groups in total. The van der Waals surface area contributed by atoms with E-state index in [0.717, 1.165) is 77.3 Å². The minimum atomic E-state index is 0.894. The van der Waals surface area contributed by atoms with Crippen LogP contribution in [0.1, 0.15) is 180 Å². The molecule has 0 radical (unpaired) electrons. The Kier molecular flexibility index (Phi) is 9.90. The smallest absolute Gasteiger partial charge is 0.0132 e. The molecule has 0 aromatic heterocycles. The first-order valence-electron chi connectivity index (χ1n) is 21.2. The average molecular weight is 602 g/mol. The molecule has 0 aromatic rings. The highest BCUT2D eigenvalue weighted by atomic mass is 15.2. The minimum Gasteiger partial charge on any atom is -0.294 e. The van der Waals surface area contributed by atoms with Crippen LogP contribution < -0.4 is 0 Å². The highest BCUT2D eigenvalue weighted by Crippen LogP contribution is 2.61. The molecule has 0 aromatic carbocycles. The molecule has 0 spiro atoms. The molecular formula is C43H71N. The predicted octanol–water partition coefficient (Wildman–Crippen LogP) is 12.1. The quantitative estimate of drug-likeness (QED) is 0.274. The molecule has 7 unspecified atom stereocenters. The monoisotopic (exact) mass is 602 g/mol. The van der Waals surface area contributed by atoms with Crippen molar-refractivity contribution in [3.8, 4) is 0 Å². The second-order valence-corrected chi connectivity index (χ2v) is 18.6. The average Bonchev–Trinajstić information content (AvgIpc) is 3.09. The SMILES string of the molecule is CC1CCC(N(C2CCC(C=C(C3CCCCC3)C3CCCCC3)CC2)C2CCC3CCC4CCCC5CCC2C3C45)CC1.